The number of likely N-dealkylation sites (N-methyl/N-ethyl adjacent to an activating group) is 1. The second-order valence-corrected chi connectivity index (χ2v) is 5.54. The highest BCUT2D eigenvalue weighted by Gasteiger charge is 2.32. The zero-order valence-corrected chi connectivity index (χ0v) is 11.1. The van der Waals surface area contributed by atoms with Gasteiger partial charge in [0.2, 0.25) is 0 Å². The second kappa shape index (κ2) is 5.60. The van der Waals surface area contributed by atoms with E-state index in [1.165, 1.54) is 23.3 Å². The Labute approximate surface area is 103 Å². The first-order valence-corrected chi connectivity index (χ1v) is 6.65. The molecule has 1 unspecified atom stereocenters. The number of carbonyl (C=O) groups is 1. The molecule has 0 aliphatic rings. The third-order valence-corrected chi connectivity index (χ3v) is 4.27. The number of hydrogen-bond donors (Lipinski definition) is 2. The molecule has 90 valence electrons. The SMILES string of the molecule is CCNC(C)(CSc1nc(C)ns1)C(=O)O. The van der Waals surface area contributed by atoms with Gasteiger partial charge in [-0.3, -0.25) is 4.79 Å². The lowest BCUT2D eigenvalue weighted by molar-refractivity contribution is -0.143. The molecule has 1 heterocycles. The summed E-state index contributed by atoms with van der Waals surface area (Å²) < 4.78 is 4.86. The lowest BCUT2D eigenvalue weighted by Crippen LogP contribution is -2.51. The Bertz CT molecular complexity index is 369. The normalized spacial score (nSPS) is 14.7. The van der Waals surface area contributed by atoms with Gasteiger partial charge in [0.05, 0.1) is 0 Å². The number of hydrogen-bond acceptors (Lipinski definition) is 6. The van der Waals surface area contributed by atoms with Crippen molar-refractivity contribution >= 4 is 29.3 Å². The Hall–Kier alpha value is -0.660. The molecule has 1 rings (SSSR count). The van der Waals surface area contributed by atoms with Gasteiger partial charge in [0, 0.05) is 5.75 Å². The second-order valence-electron chi connectivity index (χ2n) is 3.56. The standard InChI is InChI=1S/C9H15N3O2S2/c1-4-10-9(3,7(13)14)5-15-8-11-6(2)12-16-8/h10H,4-5H2,1-3H3,(H,13,14). The summed E-state index contributed by atoms with van der Waals surface area (Å²) in [7, 11) is 0. The quantitative estimate of drug-likeness (QED) is 0.754. The van der Waals surface area contributed by atoms with Gasteiger partial charge < -0.3 is 10.4 Å². The molecule has 0 aliphatic heterocycles. The number of aliphatic carboxylic acids is 1. The van der Waals surface area contributed by atoms with Crippen LogP contribution in [0.4, 0.5) is 0 Å². The molecule has 16 heavy (non-hydrogen) atoms. The van der Waals surface area contributed by atoms with E-state index in [9.17, 15) is 4.79 Å². The number of rotatable bonds is 6. The van der Waals surface area contributed by atoms with Crippen molar-refractivity contribution in [3.63, 3.8) is 0 Å². The molecule has 0 aromatic carbocycles. The summed E-state index contributed by atoms with van der Waals surface area (Å²) in [4.78, 5) is 15.3. The minimum absolute atomic E-state index is 0.435. The van der Waals surface area contributed by atoms with Gasteiger partial charge in [0.25, 0.3) is 0 Å². The van der Waals surface area contributed by atoms with Crippen molar-refractivity contribution in [2.75, 3.05) is 12.3 Å². The fourth-order valence-corrected chi connectivity index (χ4v) is 2.88. The summed E-state index contributed by atoms with van der Waals surface area (Å²) in [6.07, 6.45) is 0. The average Bonchev–Trinajstić information content (AvgIpc) is 2.61. The molecule has 1 aromatic heterocycles. The third kappa shape index (κ3) is 3.43. The van der Waals surface area contributed by atoms with E-state index in [1.807, 2.05) is 13.8 Å². The van der Waals surface area contributed by atoms with Gasteiger partial charge in [0.1, 0.15) is 11.4 Å². The molecule has 1 aromatic rings. The minimum Gasteiger partial charge on any atom is -0.480 e. The highest BCUT2D eigenvalue weighted by atomic mass is 32.2. The highest BCUT2D eigenvalue weighted by Crippen LogP contribution is 2.24. The van der Waals surface area contributed by atoms with Crippen molar-refractivity contribution in [3.05, 3.63) is 5.82 Å². The predicted molar refractivity (Wildman–Crippen MR) is 65.1 cm³/mol. The average molecular weight is 261 g/mol. The third-order valence-electron chi connectivity index (χ3n) is 2.03. The Morgan fingerprint density at radius 3 is 2.81 bits per heavy atom. The van der Waals surface area contributed by atoms with Crippen LogP contribution in [0.25, 0.3) is 0 Å². The Morgan fingerprint density at radius 1 is 1.69 bits per heavy atom. The number of carboxylic acid groups (broad SMARTS) is 1. The molecular formula is C9H15N3O2S2. The maximum Gasteiger partial charge on any atom is 0.324 e. The summed E-state index contributed by atoms with van der Waals surface area (Å²) >= 11 is 2.72. The topological polar surface area (TPSA) is 75.1 Å². The number of aryl methyl sites for hydroxylation is 1. The number of thioether (sulfide) groups is 1. The van der Waals surface area contributed by atoms with Crippen LogP contribution in [0.1, 0.15) is 19.7 Å². The van der Waals surface area contributed by atoms with E-state index in [0.29, 0.717) is 12.3 Å². The van der Waals surface area contributed by atoms with Gasteiger partial charge in [-0.05, 0) is 31.9 Å². The monoisotopic (exact) mass is 261 g/mol. The maximum atomic E-state index is 11.1. The van der Waals surface area contributed by atoms with E-state index in [2.05, 4.69) is 14.7 Å². The molecule has 7 heteroatoms. The van der Waals surface area contributed by atoms with Gasteiger partial charge in [-0.1, -0.05) is 18.7 Å². The van der Waals surface area contributed by atoms with Crippen molar-refractivity contribution in [1.29, 1.82) is 0 Å². The molecule has 0 radical (unpaired) electrons. The summed E-state index contributed by atoms with van der Waals surface area (Å²) in [6.45, 7) is 6.01. The van der Waals surface area contributed by atoms with Gasteiger partial charge in [-0.2, -0.15) is 4.37 Å². The van der Waals surface area contributed by atoms with Gasteiger partial charge in [-0.25, -0.2) is 4.98 Å². The molecule has 0 amide bonds. The van der Waals surface area contributed by atoms with E-state index < -0.39 is 11.5 Å². The fraction of sp³-hybridized carbons (Fsp3) is 0.667. The van der Waals surface area contributed by atoms with Crippen molar-refractivity contribution in [2.24, 2.45) is 0 Å². The molecule has 1 atom stereocenters. The van der Waals surface area contributed by atoms with Crippen molar-refractivity contribution in [1.82, 2.24) is 14.7 Å². The number of nitrogens with zero attached hydrogens (tertiary/aromatic N) is 2. The van der Waals surface area contributed by atoms with Crippen LogP contribution in [0, 0.1) is 6.92 Å². The lowest BCUT2D eigenvalue weighted by atomic mass is 10.1. The van der Waals surface area contributed by atoms with Gasteiger partial charge in [-0.15, -0.1) is 0 Å². The first kappa shape index (κ1) is 13.4. The largest absolute Gasteiger partial charge is 0.480 e. The first-order valence-electron chi connectivity index (χ1n) is 4.89. The molecule has 2 N–H and O–H groups in total. The van der Waals surface area contributed by atoms with Crippen LogP contribution in [0.2, 0.25) is 0 Å². The van der Waals surface area contributed by atoms with Crippen molar-refractivity contribution in [3.8, 4) is 0 Å². The molecule has 0 bridgehead atoms. The highest BCUT2D eigenvalue weighted by molar-refractivity contribution is 8.01. The summed E-state index contributed by atoms with van der Waals surface area (Å²) in [5.74, 6) is 0.321. The lowest BCUT2D eigenvalue weighted by Gasteiger charge is -2.24. The number of nitrogens with one attached hydrogen (secondary N) is 1. The van der Waals surface area contributed by atoms with Crippen molar-refractivity contribution in [2.45, 2.75) is 30.6 Å². The van der Waals surface area contributed by atoms with E-state index in [1.54, 1.807) is 6.92 Å². The van der Waals surface area contributed by atoms with Crippen LogP contribution < -0.4 is 5.32 Å². The molecular weight excluding hydrogens is 246 g/mol. The van der Waals surface area contributed by atoms with E-state index in [0.717, 1.165) is 10.2 Å². The molecule has 0 fully saturated rings. The zero-order chi connectivity index (χ0) is 12.2. The Balaban J connectivity index is 2.60. The summed E-state index contributed by atoms with van der Waals surface area (Å²) in [5.41, 5.74) is -0.918. The van der Waals surface area contributed by atoms with E-state index in [4.69, 9.17) is 5.11 Å². The fourth-order valence-electron chi connectivity index (χ4n) is 1.12. The van der Waals surface area contributed by atoms with Crippen LogP contribution >= 0.6 is 23.3 Å². The minimum atomic E-state index is -0.918. The maximum absolute atomic E-state index is 11.1. The van der Waals surface area contributed by atoms with E-state index >= 15 is 0 Å². The van der Waals surface area contributed by atoms with Crippen LogP contribution in [0.5, 0.6) is 0 Å². The predicted octanol–water partition coefficient (Wildman–Crippen LogP) is 1.39. The Morgan fingerprint density at radius 2 is 2.38 bits per heavy atom. The Kier molecular flexibility index (Phi) is 4.69. The molecule has 0 spiro atoms. The summed E-state index contributed by atoms with van der Waals surface area (Å²) in [5, 5.41) is 12.1. The van der Waals surface area contributed by atoms with Crippen LogP contribution in [-0.4, -0.2) is 38.3 Å². The van der Waals surface area contributed by atoms with Gasteiger partial charge in [0.15, 0.2) is 4.34 Å². The smallest absolute Gasteiger partial charge is 0.324 e. The molecule has 0 saturated carbocycles. The molecule has 0 aliphatic carbocycles. The number of aromatic nitrogens is 2. The van der Waals surface area contributed by atoms with Crippen LogP contribution in [-0.2, 0) is 4.79 Å². The zero-order valence-electron chi connectivity index (χ0n) is 9.48. The molecule has 5 nitrogen and oxygen atoms in total. The van der Waals surface area contributed by atoms with Gasteiger partial charge >= 0.3 is 5.97 Å². The van der Waals surface area contributed by atoms with Crippen LogP contribution in [0.15, 0.2) is 4.34 Å². The number of carboxylic acids is 1. The van der Waals surface area contributed by atoms with E-state index in [-0.39, 0.29) is 0 Å². The van der Waals surface area contributed by atoms with Crippen molar-refractivity contribution < 1.29 is 9.90 Å². The molecule has 0 saturated heterocycles. The van der Waals surface area contributed by atoms with Crippen LogP contribution in [0.3, 0.4) is 0 Å². The summed E-state index contributed by atoms with van der Waals surface area (Å²) in [6, 6.07) is 0. The first-order chi connectivity index (χ1) is 7.48.